The van der Waals surface area contributed by atoms with Crippen molar-refractivity contribution in [3.05, 3.63) is 0 Å². The van der Waals surface area contributed by atoms with E-state index in [9.17, 15) is 13.2 Å². The maximum absolute atomic E-state index is 12.2. The van der Waals surface area contributed by atoms with Gasteiger partial charge >= 0.3 is 0 Å². The van der Waals surface area contributed by atoms with Crippen molar-refractivity contribution in [3.8, 4) is 0 Å². The highest BCUT2D eigenvalue weighted by Gasteiger charge is 2.32. The Labute approximate surface area is 121 Å². The molecule has 6 nitrogen and oxygen atoms in total. The smallest absolute Gasteiger partial charge is 0.237 e. The molecule has 116 valence electrons. The molecule has 0 unspecified atom stereocenters. The van der Waals surface area contributed by atoms with Crippen LogP contribution in [0.25, 0.3) is 0 Å². The fourth-order valence-corrected chi connectivity index (χ4v) is 4.32. The van der Waals surface area contributed by atoms with E-state index in [0.717, 1.165) is 39.0 Å². The number of sulfonamides is 1. The minimum absolute atomic E-state index is 0.0280. The molecular formula is C13H25N3O3S. The second-order valence-electron chi connectivity index (χ2n) is 5.63. The summed E-state index contributed by atoms with van der Waals surface area (Å²) in [5.41, 5.74) is 0. The molecule has 1 amide bonds. The van der Waals surface area contributed by atoms with Crippen LogP contribution in [0.15, 0.2) is 0 Å². The van der Waals surface area contributed by atoms with E-state index in [0.29, 0.717) is 18.9 Å². The number of hydrogen-bond acceptors (Lipinski definition) is 4. The van der Waals surface area contributed by atoms with Gasteiger partial charge in [-0.2, -0.15) is 4.31 Å². The summed E-state index contributed by atoms with van der Waals surface area (Å²) in [5, 5.41) is 3.34. The van der Waals surface area contributed by atoms with Crippen molar-refractivity contribution in [2.75, 3.05) is 45.0 Å². The molecule has 0 radical (unpaired) electrons. The minimum atomic E-state index is -3.17. The molecule has 0 aromatic heterocycles. The van der Waals surface area contributed by atoms with Crippen molar-refractivity contribution < 1.29 is 13.2 Å². The number of piperidine rings is 1. The van der Waals surface area contributed by atoms with E-state index in [1.54, 1.807) is 0 Å². The quantitative estimate of drug-likeness (QED) is 0.768. The summed E-state index contributed by atoms with van der Waals surface area (Å²) in [6.07, 6.45) is 2.65. The van der Waals surface area contributed by atoms with Crippen LogP contribution < -0.4 is 5.32 Å². The van der Waals surface area contributed by atoms with E-state index in [4.69, 9.17) is 0 Å². The third kappa shape index (κ3) is 3.93. The van der Waals surface area contributed by atoms with Crippen LogP contribution in [0.5, 0.6) is 0 Å². The van der Waals surface area contributed by atoms with Crippen molar-refractivity contribution >= 4 is 15.9 Å². The van der Waals surface area contributed by atoms with E-state index in [2.05, 4.69) is 12.2 Å². The lowest BCUT2D eigenvalue weighted by molar-refractivity contribution is -0.132. The van der Waals surface area contributed by atoms with Gasteiger partial charge in [-0.3, -0.25) is 4.79 Å². The topological polar surface area (TPSA) is 69.7 Å². The number of nitrogens with one attached hydrogen (secondary N) is 1. The fourth-order valence-electron chi connectivity index (χ4n) is 2.85. The third-order valence-corrected chi connectivity index (χ3v) is 6.07. The number of amides is 1. The van der Waals surface area contributed by atoms with Gasteiger partial charge in [-0.05, 0) is 38.3 Å². The number of carbonyl (C=O) groups excluding carboxylic acids is 1. The summed E-state index contributed by atoms with van der Waals surface area (Å²) in [7, 11) is -3.17. The molecule has 0 bridgehead atoms. The van der Waals surface area contributed by atoms with Gasteiger partial charge in [0.2, 0.25) is 15.9 Å². The number of likely N-dealkylation sites (tertiary alicyclic amines) is 1. The molecule has 0 saturated carbocycles. The van der Waals surface area contributed by atoms with Crippen LogP contribution in [-0.2, 0) is 14.8 Å². The summed E-state index contributed by atoms with van der Waals surface area (Å²) in [4.78, 5) is 14.0. The SMILES string of the molecule is CCNCC1CCN(C(=O)CN2CCCS2(=O)=O)CC1. The summed E-state index contributed by atoms with van der Waals surface area (Å²) >= 11 is 0. The zero-order valence-electron chi connectivity index (χ0n) is 12.2. The minimum Gasteiger partial charge on any atom is -0.342 e. The van der Waals surface area contributed by atoms with Gasteiger partial charge in [0.05, 0.1) is 12.3 Å². The Morgan fingerprint density at radius 2 is 1.95 bits per heavy atom. The summed E-state index contributed by atoms with van der Waals surface area (Å²) in [6, 6.07) is 0. The van der Waals surface area contributed by atoms with E-state index >= 15 is 0 Å². The van der Waals surface area contributed by atoms with Gasteiger partial charge < -0.3 is 10.2 Å². The molecule has 2 saturated heterocycles. The molecule has 2 aliphatic heterocycles. The van der Waals surface area contributed by atoms with Crippen LogP contribution in [0, 0.1) is 5.92 Å². The molecule has 7 heteroatoms. The predicted molar refractivity (Wildman–Crippen MR) is 77.8 cm³/mol. The first-order valence-corrected chi connectivity index (χ1v) is 9.10. The van der Waals surface area contributed by atoms with E-state index in [1.807, 2.05) is 4.90 Å². The number of rotatable bonds is 5. The number of hydrogen-bond donors (Lipinski definition) is 1. The Bertz CT molecular complexity index is 430. The van der Waals surface area contributed by atoms with Crippen LogP contribution in [0.2, 0.25) is 0 Å². The molecule has 0 spiro atoms. The second kappa shape index (κ2) is 6.87. The lowest BCUT2D eigenvalue weighted by atomic mass is 9.97. The number of carbonyl (C=O) groups is 1. The first kappa shape index (κ1) is 15.7. The first-order chi connectivity index (χ1) is 9.53. The van der Waals surface area contributed by atoms with Crippen molar-refractivity contribution in [2.45, 2.75) is 26.2 Å². The van der Waals surface area contributed by atoms with Crippen molar-refractivity contribution in [3.63, 3.8) is 0 Å². The third-order valence-electron chi connectivity index (χ3n) is 4.17. The Morgan fingerprint density at radius 3 is 2.50 bits per heavy atom. The maximum atomic E-state index is 12.2. The molecule has 2 rings (SSSR count). The van der Waals surface area contributed by atoms with Gasteiger partial charge in [-0.15, -0.1) is 0 Å². The molecule has 2 heterocycles. The lowest BCUT2D eigenvalue weighted by Gasteiger charge is -2.33. The van der Waals surface area contributed by atoms with Gasteiger partial charge in [0.25, 0.3) is 0 Å². The highest BCUT2D eigenvalue weighted by molar-refractivity contribution is 7.89. The second-order valence-corrected chi connectivity index (χ2v) is 7.72. The standard InChI is InChI=1S/C13H25N3O3S/c1-2-14-10-12-4-7-15(8-5-12)13(17)11-16-6-3-9-20(16,18)19/h12,14H,2-11H2,1H3. The van der Waals surface area contributed by atoms with Crippen LogP contribution in [0.3, 0.4) is 0 Å². The van der Waals surface area contributed by atoms with Gasteiger partial charge in [0.1, 0.15) is 0 Å². The molecule has 2 fully saturated rings. The maximum Gasteiger partial charge on any atom is 0.237 e. The summed E-state index contributed by atoms with van der Waals surface area (Å²) in [6.45, 7) is 6.11. The van der Waals surface area contributed by atoms with Gasteiger partial charge in [0.15, 0.2) is 0 Å². The van der Waals surface area contributed by atoms with E-state index < -0.39 is 10.0 Å². The Morgan fingerprint density at radius 1 is 1.25 bits per heavy atom. The normalized spacial score (nSPS) is 24.1. The van der Waals surface area contributed by atoms with Crippen LogP contribution in [0.4, 0.5) is 0 Å². The lowest BCUT2D eigenvalue weighted by Crippen LogP contribution is -2.45. The molecule has 0 aliphatic carbocycles. The van der Waals surface area contributed by atoms with Crippen LogP contribution >= 0.6 is 0 Å². The largest absolute Gasteiger partial charge is 0.342 e. The van der Waals surface area contributed by atoms with Crippen molar-refractivity contribution in [1.29, 1.82) is 0 Å². The summed E-state index contributed by atoms with van der Waals surface area (Å²) < 4.78 is 24.7. The van der Waals surface area contributed by atoms with E-state index in [-0.39, 0.29) is 18.2 Å². The van der Waals surface area contributed by atoms with Crippen molar-refractivity contribution in [2.24, 2.45) is 5.92 Å². The molecule has 0 atom stereocenters. The molecule has 0 aromatic carbocycles. The fraction of sp³-hybridized carbons (Fsp3) is 0.923. The van der Waals surface area contributed by atoms with Gasteiger partial charge in [-0.25, -0.2) is 8.42 Å². The Balaban J connectivity index is 1.77. The summed E-state index contributed by atoms with van der Waals surface area (Å²) in [5.74, 6) is 0.775. The van der Waals surface area contributed by atoms with E-state index in [1.165, 1.54) is 4.31 Å². The monoisotopic (exact) mass is 303 g/mol. The van der Waals surface area contributed by atoms with Crippen LogP contribution in [-0.4, -0.2) is 68.6 Å². The Kier molecular flexibility index (Phi) is 5.40. The zero-order valence-corrected chi connectivity index (χ0v) is 13.0. The van der Waals surface area contributed by atoms with Gasteiger partial charge in [-0.1, -0.05) is 6.92 Å². The average molecular weight is 303 g/mol. The first-order valence-electron chi connectivity index (χ1n) is 7.49. The molecule has 2 aliphatic rings. The molecule has 1 N–H and O–H groups in total. The average Bonchev–Trinajstić information content (AvgIpc) is 2.76. The number of nitrogens with zero attached hydrogens (tertiary/aromatic N) is 2. The van der Waals surface area contributed by atoms with Gasteiger partial charge in [0, 0.05) is 19.6 Å². The van der Waals surface area contributed by atoms with Crippen molar-refractivity contribution in [1.82, 2.24) is 14.5 Å². The highest BCUT2D eigenvalue weighted by Crippen LogP contribution is 2.18. The zero-order chi connectivity index (χ0) is 14.6. The molecule has 0 aromatic rings. The van der Waals surface area contributed by atoms with Crippen LogP contribution in [0.1, 0.15) is 26.2 Å². The Hall–Kier alpha value is -0.660. The predicted octanol–water partition coefficient (Wildman–Crippen LogP) is -0.130. The highest BCUT2D eigenvalue weighted by atomic mass is 32.2. The molecular weight excluding hydrogens is 278 g/mol. The molecule has 20 heavy (non-hydrogen) atoms.